The van der Waals surface area contributed by atoms with Crippen LogP contribution in [0.4, 0.5) is 0 Å². The number of hydrogen-bond acceptors (Lipinski definition) is 2. The smallest absolute Gasteiger partial charge is 0.107 e. The molecule has 0 radical (unpaired) electrons. The Hall–Kier alpha value is -2.11. The van der Waals surface area contributed by atoms with Gasteiger partial charge in [0.1, 0.15) is 5.41 Å². The van der Waals surface area contributed by atoms with Crippen LogP contribution in [0.1, 0.15) is 56.1 Å². The van der Waals surface area contributed by atoms with Crippen molar-refractivity contribution in [1.82, 2.24) is 4.90 Å². The molecule has 2 aromatic rings. The van der Waals surface area contributed by atoms with Crippen LogP contribution < -0.4 is 0 Å². The standard InChI is InChI=1S/C27H32N2/c28-20-27(24-8-3-1-4-9-24,25-10-5-2-6-11-25)12-7-13-29-19-23-15-21-14-22(16-23)18-26(29)17-21/h1-6,8-11,21-23,26H,7,12-19H2. The van der Waals surface area contributed by atoms with Gasteiger partial charge in [-0.05, 0) is 80.4 Å². The van der Waals surface area contributed by atoms with Crippen LogP contribution in [0, 0.1) is 29.1 Å². The topological polar surface area (TPSA) is 27.0 Å². The Labute approximate surface area is 175 Å². The van der Waals surface area contributed by atoms with Crippen molar-refractivity contribution < 1.29 is 0 Å². The van der Waals surface area contributed by atoms with E-state index in [-0.39, 0.29) is 0 Å². The summed E-state index contributed by atoms with van der Waals surface area (Å²) in [7, 11) is 0. The number of rotatable bonds is 6. The predicted octanol–water partition coefficient (Wildman–Crippen LogP) is 5.79. The van der Waals surface area contributed by atoms with Crippen molar-refractivity contribution in [1.29, 1.82) is 5.26 Å². The van der Waals surface area contributed by atoms with E-state index in [1.165, 1.54) is 38.6 Å². The lowest BCUT2D eigenvalue weighted by molar-refractivity contribution is 0.124. The van der Waals surface area contributed by atoms with E-state index in [1.807, 2.05) is 12.1 Å². The fourth-order valence-corrected chi connectivity index (χ4v) is 6.79. The lowest BCUT2D eigenvalue weighted by atomic mass is 9.68. The molecule has 4 fully saturated rings. The van der Waals surface area contributed by atoms with Gasteiger partial charge in [0.25, 0.3) is 0 Å². The van der Waals surface area contributed by atoms with E-state index in [0.717, 1.165) is 54.3 Å². The molecular weight excluding hydrogens is 352 g/mol. The summed E-state index contributed by atoms with van der Waals surface area (Å²) in [4.78, 5) is 2.81. The summed E-state index contributed by atoms with van der Waals surface area (Å²) in [6.07, 6.45) is 9.26. The highest BCUT2D eigenvalue weighted by Gasteiger charge is 2.42. The Morgan fingerprint density at radius 3 is 1.90 bits per heavy atom. The molecule has 29 heavy (non-hydrogen) atoms. The number of nitrogens with zero attached hydrogens (tertiary/aromatic N) is 2. The molecule has 0 amide bonds. The van der Waals surface area contributed by atoms with Crippen LogP contribution in [-0.2, 0) is 5.41 Å². The molecule has 4 bridgehead atoms. The van der Waals surface area contributed by atoms with Crippen molar-refractivity contribution in [2.75, 3.05) is 13.1 Å². The Morgan fingerprint density at radius 1 is 0.793 bits per heavy atom. The number of benzene rings is 2. The zero-order chi connectivity index (χ0) is 19.7. The van der Waals surface area contributed by atoms with Crippen molar-refractivity contribution in [3.8, 4) is 6.07 Å². The first-order valence-electron chi connectivity index (χ1n) is 11.5. The molecule has 2 saturated carbocycles. The molecule has 150 valence electrons. The number of hydrogen-bond donors (Lipinski definition) is 0. The summed E-state index contributed by atoms with van der Waals surface area (Å²) >= 11 is 0. The molecule has 2 heterocycles. The first kappa shape index (κ1) is 18.9. The molecule has 2 heteroatoms. The molecule has 6 rings (SSSR count). The van der Waals surface area contributed by atoms with Gasteiger partial charge < -0.3 is 4.90 Å². The van der Waals surface area contributed by atoms with Crippen molar-refractivity contribution in [2.24, 2.45) is 17.8 Å². The second kappa shape index (κ2) is 7.96. The van der Waals surface area contributed by atoms with Crippen molar-refractivity contribution >= 4 is 0 Å². The number of nitriles is 1. The summed E-state index contributed by atoms with van der Waals surface area (Å²) in [5.41, 5.74) is 1.71. The maximum Gasteiger partial charge on any atom is 0.107 e. The lowest BCUT2D eigenvalue weighted by Crippen LogP contribution is -2.39. The Kier molecular flexibility index (Phi) is 5.18. The minimum absolute atomic E-state index is 0.550. The summed E-state index contributed by atoms with van der Waals surface area (Å²) in [5, 5.41) is 10.4. The maximum atomic E-state index is 10.4. The molecule has 2 atom stereocenters. The predicted molar refractivity (Wildman–Crippen MR) is 117 cm³/mol. The van der Waals surface area contributed by atoms with E-state index in [2.05, 4.69) is 59.5 Å². The SMILES string of the molecule is N#CC(CCCN1CC2CC3CC(C2)CC1C3)(c1ccccc1)c1ccccc1. The molecule has 4 aliphatic rings. The average molecular weight is 385 g/mol. The minimum Gasteiger partial charge on any atom is -0.300 e. The molecule has 0 N–H and O–H groups in total. The molecule has 2 nitrogen and oxygen atoms in total. The zero-order valence-corrected chi connectivity index (χ0v) is 17.3. The first-order valence-corrected chi connectivity index (χ1v) is 11.5. The van der Waals surface area contributed by atoms with Crippen LogP contribution in [0.2, 0.25) is 0 Å². The number of fused-ring (bicyclic) bond motifs is 1. The molecule has 2 saturated heterocycles. The third-order valence-corrected chi connectivity index (χ3v) is 7.94. The fraction of sp³-hybridized carbons (Fsp3) is 0.519. The maximum absolute atomic E-state index is 10.4. The van der Waals surface area contributed by atoms with Crippen molar-refractivity contribution in [2.45, 2.75) is 56.4 Å². The highest BCUT2D eigenvalue weighted by molar-refractivity contribution is 5.45. The van der Waals surface area contributed by atoms with Gasteiger partial charge in [0.2, 0.25) is 0 Å². The van der Waals surface area contributed by atoms with E-state index in [4.69, 9.17) is 0 Å². The summed E-state index contributed by atoms with van der Waals surface area (Å²) in [5.74, 6) is 2.92. The van der Waals surface area contributed by atoms with Crippen LogP contribution in [0.3, 0.4) is 0 Å². The first-order chi connectivity index (χ1) is 14.3. The Bertz CT molecular complexity index is 800. The van der Waals surface area contributed by atoms with Crippen LogP contribution in [0.25, 0.3) is 0 Å². The normalized spacial score (nSPS) is 28.8. The van der Waals surface area contributed by atoms with E-state index in [9.17, 15) is 5.26 Å². The van der Waals surface area contributed by atoms with E-state index >= 15 is 0 Å². The molecule has 2 aliphatic heterocycles. The highest BCUT2D eigenvalue weighted by atomic mass is 15.2. The lowest BCUT2D eigenvalue weighted by Gasteiger charge is -2.39. The van der Waals surface area contributed by atoms with E-state index in [0.29, 0.717) is 0 Å². The third-order valence-electron chi connectivity index (χ3n) is 7.94. The largest absolute Gasteiger partial charge is 0.300 e. The van der Waals surface area contributed by atoms with Crippen molar-refractivity contribution in [3.63, 3.8) is 0 Å². The summed E-state index contributed by atoms with van der Waals surface area (Å²) in [6.45, 7) is 2.44. The van der Waals surface area contributed by atoms with Crippen LogP contribution in [0.15, 0.2) is 60.7 Å². The third kappa shape index (κ3) is 3.62. The van der Waals surface area contributed by atoms with Crippen LogP contribution in [-0.4, -0.2) is 24.0 Å². The minimum atomic E-state index is -0.550. The second-order valence-corrected chi connectivity index (χ2v) is 9.78. The monoisotopic (exact) mass is 384 g/mol. The van der Waals surface area contributed by atoms with Gasteiger partial charge in [-0.2, -0.15) is 5.26 Å². The molecule has 2 unspecified atom stereocenters. The molecule has 2 aromatic carbocycles. The Morgan fingerprint density at radius 2 is 1.34 bits per heavy atom. The van der Waals surface area contributed by atoms with Gasteiger partial charge in [0.05, 0.1) is 6.07 Å². The average Bonchev–Trinajstić information content (AvgIpc) is 2.95. The van der Waals surface area contributed by atoms with Gasteiger partial charge in [-0.25, -0.2) is 0 Å². The fourth-order valence-electron chi connectivity index (χ4n) is 6.79. The zero-order valence-electron chi connectivity index (χ0n) is 17.3. The van der Waals surface area contributed by atoms with Crippen molar-refractivity contribution in [3.05, 3.63) is 71.8 Å². The van der Waals surface area contributed by atoms with Gasteiger partial charge in [0, 0.05) is 12.6 Å². The van der Waals surface area contributed by atoms with Crippen LogP contribution >= 0.6 is 0 Å². The summed E-state index contributed by atoms with van der Waals surface area (Å²) < 4.78 is 0. The van der Waals surface area contributed by atoms with Gasteiger partial charge in [0.15, 0.2) is 0 Å². The van der Waals surface area contributed by atoms with Gasteiger partial charge in [-0.15, -0.1) is 0 Å². The highest BCUT2D eigenvalue weighted by Crippen LogP contribution is 2.47. The van der Waals surface area contributed by atoms with Gasteiger partial charge >= 0.3 is 0 Å². The molecule has 0 spiro atoms. The second-order valence-electron chi connectivity index (χ2n) is 9.78. The van der Waals surface area contributed by atoms with E-state index < -0.39 is 5.41 Å². The van der Waals surface area contributed by atoms with Gasteiger partial charge in [-0.1, -0.05) is 60.7 Å². The van der Waals surface area contributed by atoms with Crippen LogP contribution in [0.5, 0.6) is 0 Å². The Balaban J connectivity index is 1.35. The molecule has 0 aromatic heterocycles. The summed E-state index contributed by atoms with van der Waals surface area (Å²) in [6, 6.07) is 24.4. The molecule has 2 aliphatic carbocycles. The molecular formula is C27H32N2. The van der Waals surface area contributed by atoms with E-state index in [1.54, 1.807) is 0 Å². The van der Waals surface area contributed by atoms with Gasteiger partial charge in [-0.3, -0.25) is 0 Å². The quantitative estimate of drug-likeness (QED) is 0.630.